The van der Waals surface area contributed by atoms with Crippen LogP contribution >= 0.6 is 0 Å². The van der Waals surface area contributed by atoms with Gasteiger partial charge >= 0.3 is 11.9 Å². The smallest absolute Gasteiger partial charge is 0.340 e. The predicted molar refractivity (Wildman–Crippen MR) is 111 cm³/mol. The lowest BCUT2D eigenvalue weighted by Crippen LogP contribution is -2.46. The Labute approximate surface area is 169 Å². The molecule has 29 heavy (non-hydrogen) atoms. The van der Waals surface area contributed by atoms with Gasteiger partial charge in [0.1, 0.15) is 6.61 Å². The Hall–Kier alpha value is -3.60. The first-order valence-corrected chi connectivity index (χ1v) is 9.43. The van der Waals surface area contributed by atoms with Crippen molar-refractivity contribution in [3.05, 3.63) is 90.0 Å². The minimum Gasteiger partial charge on any atom is -0.479 e. The van der Waals surface area contributed by atoms with Gasteiger partial charge in [0.15, 0.2) is 0 Å². The Morgan fingerprint density at radius 1 is 0.897 bits per heavy atom. The van der Waals surface area contributed by atoms with Gasteiger partial charge in [0.25, 0.3) is 0 Å². The zero-order valence-electron chi connectivity index (χ0n) is 16.0. The first kappa shape index (κ1) is 18.7. The van der Waals surface area contributed by atoms with Crippen molar-refractivity contribution >= 4 is 17.6 Å². The van der Waals surface area contributed by atoms with E-state index in [1.54, 1.807) is 31.3 Å². The van der Waals surface area contributed by atoms with Crippen LogP contribution in [0.15, 0.2) is 78.9 Å². The second kappa shape index (κ2) is 7.80. The van der Waals surface area contributed by atoms with Gasteiger partial charge in [-0.25, -0.2) is 9.59 Å². The Morgan fingerprint density at radius 3 is 1.97 bits per heavy atom. The third kappa shape index (κ3) is 3.47. The fraction of sp³-hybridized carbons (Fsp3) is 0.167. The number of aliphatic carboxylic acids is 1. The summed E-state index contributed by atoms with van der Waals surface area (Å²) < 4.78 is 5.54. The molecule has 0 bridgehead atoms. The molecule has 1 aliphatic rings. The summed E-state index contributed by atoms with van der Waals surface area (Å²) in [5.74, 6) is -2.12. The number of anilines is 1. The van der Waals surface area contributed by atoms with E-state index in [1.807, 2.05) is 42.5 Å². The summed E-state index contributed by atoms with van der Waals surface area (Å²) in [6.07, 6.45) is 0. The van der Waals surface area contributed by atoms with E-state index in [0.29, 0.717) is 5.69 Å². The third-order valence-electron chi connectivity index (χ3n) is 5.36. The maximum Gasteiger partial charge on any atom is 0.340 e. The van der Waals surface area contributed by atoms with Crippen LogP contribution in [0.25, 0.3) is 11.1 Å². The molecule has 3 aromatic carbocycles. The number of carbonyl (C=O) groups is 2. The molecule has 1 atom stereocenters. The van der Waals surface area contributed by atoms with Crippen molar-refractivity contribution in [2.45, 2.75) is 12.0 Å². The molecule has 0 radical (unpaired) electrons. The summed E-state index contributed by atoms with van der Waals surface area (Å²) in [6, 6.07) is 23.6. The van der Waals surface area contributed by atoms with E-state index >= 15 is 0 Å². The van der Waals surface area contributed by atoms with Crippen LogP contribution < -0.4 is 4.90 Å². The Balaban J connectivity index is 1.55. The fourth-order valence-electron chi connectivity index (χ4n) is 3.92. The molecule has 1 N–H and O–H groups in total. The number of hydrogen-bond donors (Lipinski definition) is 1. The first-order chi connectivity index (χ1) is 14.1. The molecular weight excluding hydrogens is 366 g/mol. The molecule has 0 saturated carbocycles. The number of carboxylic acids is 1. The maximum absolute atomic E-state index is 12.7. The number of ether oxygens (including phenoxy) is 1. The van der Waals surface area contributed by atoms with E-state index in [9.17, 15) is 14.7 Å². The minimum atomic E-state index is -1.41. The van der Waals surface area contributed by atoms with Gasteiger partial charge in [-0.1, -0.05) is 66.7 Å². The molecule has 5 heteroatoms. The predicted octanol–water partition coefficient (Wildman–Crippen LogP) is 3.93. The van der Waals surface area contributed by atoms with Crippen LogP contribution in [0, 0.1) is 0 Å². The summed E-state index contributed by atoms with van der Waals surface area (Å²) in [5, 5.41) is 9.64. The maximum atomic E-state index is 12.7. The second-order valence-electron chi connectivity index (χ2n) is 7.04. The molecule has 0 heterocycles. The number of rotatable bonds is 6. The van der Waals surface area contributed by atoms with Crippen molar-refractivity contribution in [2.24, 2.45) is 0 Å². The Morgan fingerprint density at radius 2 is 1.41 bits per heavy atom. The number of para-hydroxylation sites is 1. The van der Waals surface area contributed by atoms with Crippen molar-refractivity contribution in [3.8, 4) is 11.1 Å². The molecule has 0 aliphatic heterocycles. The molecular formula is C24H21NO4. The zero-order valence-corrected chi connectivity index (χ0v) is 16.0. The van der Waals surface area contributed by atoms with E-state index in [0.717, 1.165) is 22.3 Å². The molecule has 0 spiro atoms. The van der Waals surface area contributed by atoms with E-state index in [-0.39, 0.29) is 12.5 Å². The number of nitrogens with zero attached hydrogens (tertiary/aromatic N) is 1. The van der Waals surface area contributed by atoms with Gasteiger partial charge in [-0.15, -0.1) is 0 Å². The highest BCUT2D eigenvalue weighted by Crippen LogP contribution is 2.44. The second-order valence-corrected chi connectivity index (χ2v) is 7.04. The first-order valence-electron chi connectivity index (χ1n) is 9.43. The molecule has 0 saturated heterocycles. The van der Waals surface area contributed by atoms with Gasteiger partial charge in [0.05, 0.1) is 0 Å². The van der Waals surface area contributed by atoms with Gasteiger partial charge in [-0.3, -0.25) is 0 Å². The molecule has 0 aromatic heterocycles. The van der Waals surface area contributed by atoms with Gasteiger partial charge in [0, 0.05) is 18.7 Å². The lowest BCUT2D eigenvalue weighted by atomic mass is 9.98. The number of carboxylic acid groups (broad SMARTS) is 1. The Bertz CT molecular complexity index is 1000. The van der Waals surface area contributed by atoms with Gasteiger partial charge in [0.2, 0.25) is 6.04 Å². The van der Waals surface area contributed by atoms with Crippen LogP contribution in [0.5, 0.6) is 0 Å². The summed E-state index contributed by atoms with van der Waals surface area (Å²) >= 11 is 0. The summed E-state index contributed by atoms with van der Waals surface area (Å²) in [6.45, 7) is 0.0965. The highest BCUT2D eigenvalue weighted by atomic mass is 16.5. The lowest BCUT2D eigenvalue weighted by molar-refractivity contribution is -0.153. The molecule has 0 amide bonds. The van der Waals surface area contributed by atoms with Crippen LogP contribution in [0.3, 0.4) is 0 Å². The average molecular weight is 387 g/mol. The average Bonchev–Trinajstić information content (AvgIpc) is 3.06. The molecule has 1 aliphatic carbocycles. The fourth-order valence-corrected chi connectivity index (χ4v) is 3.92. The van der Waals surface area contributed by atoms with Crippen molar-refractivity contribution in [1.29, 1.82) is 0 Å². The van der Waals surface area contributed by atoms with E-state index in [2.05, 4.69) is 12.1 Å². The normalized spacial score (nSPS) is 13.3. The molecule has 1 unspecified atom stereocenters. The van der Waals surface area contributed by atoms with E-state index in [4.69, 9.17) is 4.74 Å². The van der Waals surface area contributed by atoms with Crippen LogP contribution in [0.2, 0.25) is 0 Å². The monoisotopic (exact) mass is 387 g/mol. The summed E-state index contributed by atoms with van der Waals surface area (Å²) in [4.78, 5) is 26.0. The summed E-state index contributed by atoms with van der Waals surface area (Å²) in [7, 11) is 1.58. The van der Waals surface area contributed by atoms with Crippen LogP contribution in [-0.2, 0) is 14.3 Å². The summed E-state index contributed by atoms with van der Waals surface area (Å²) in [5.41, 5.74) is 5.06. The van der Waals surface area contributed by atoms with Crippen LogP contribution in [0.4, 0.5) is 5.69 Å². The van der Waals surface area contributed by atoms with E-state index in [1.165, 1.54) is 4.90 Å². The standard InChI is InChI=1S/C24H21NO4/c1-25(16-9-3-2-4-10-16)22(23(26)27)24(28)29-15-21-19-13-7-5-11-17(19)18-12-6-8-14-20(18)21/h2-14,21-22H,15H2,1H3,(H,26,27). The highest BCUT2D eigenvalue weighted by molar-refractivity contribution is 6.01. The number of fused-ring (bicyclic) bond motifs is 3. The van der Waals surface area contributed by atoms with Gasteiger partial charge < -0.3 is 14.7 Å². The lowest BCUT2D eigenvalue weighted by Gasteiger charge is -2.26. The SMILES string of the molecule is CN(c1ccccc1)C(C(=O)O)C(=O)OCC1c2ccccc2-c2ccccc21. The third-order valence-corrected chi connectivity index (χ3v) is 5.36. The number of hydrogen-bond acceptors (Lipinski definition) is 4. The Kier molecular flexibility index (Phi) is 5.04. The van der Waals surface area contributed by atoms with Gasteiger partial charge in [-0.2, -0.15) is 0 Å². The zero-order chi connectivity index (χ0) is 20.4. The number of likely N-dealkylation sites (N-methyl/N-ethyl adjacent to an activating group) is 1. The quantitative estimate of drug-likeness (QED) is 0.513. The van der Waals surface area contributed by atoms with Crippen molar-refractivity contribution < 1.29 is 19.4 Å². The number of esters is 1. The number of benzene rings is 3. The highest BCUT2D eigenvalue weighted by Gasteiger charge is 2.35. The molecule has 3 aromatic rings. The number of carbonyl (C=O) groups excluding carboxylic acids is 1. The molecule has 4 rings (SSSR count). The minimum absolute atomic E-state index is 0.0965. The topological polar surface area (TPSA) is 66.8 Å². The van der Waals surface area contributed by atoms with Gasteiger partial charge in [-0.05, 0) is 34.4 Å². The van der Waals surface area contributed by atoms with Crippen molar-refractivity contribution in [2.75, 3.05) is 18.6 Å². The van der Waals surface area contributed by atoms with Crippen molar-refractivity contribution in [3.63, 3.8) is 0 Å². The molecule has 5 nitrogen and oxygen atoms in total. The molecule has 0 fully saturated rings. The largest absolute Gasteiger partial charge is 0.479 e. The van der Waals surface area contributed by atoms with E-state index < -0.39 is 18.0 Å². The molecule has 146 valence electrons. The van der Waals surface area contributed by atoms with Crippen LogP contribution in [-0.4, -0.2) is 36.7 Å². The van der Waals surface area contributed by atoms with Crippen molar-refractivity contribution in [1.82, 2.24) is 0 Å². The van der Waals surface area contributed by atoms with Crippen LogP contribution in [0.1, 0.15) is 17.0 Å².